The third-order valence-corrected chi connectivity index (χ3v) is 5.73. The van der Waals surface area contributed by atoms with Crippen molar-refractivity contribution < 1.29 is 9.53 Å². The second kappa shape index (κ2) is 12.5. The van der Waals surface area contributed by atoms with E-state index in [9.17, 15) is 10.1 Å². The molecule has 1 N–H and O–H groups in total. The maximum Gasteiger partial charge on any atom is 0.243 e. The Bertz CT molecular complexity index is 1120. The summed E-state index contributed by atoms with van der Waals surface area (Å²) >= 11 is 0. The summed E-state index contributed by atoms with van der Waals surface area (Å²) in [6, 6.07) is 17.2. The van der Waals surface area contributed by atoms with E-state index in [0.29, 0.717) is 23.6 Å². The Morgan fingerprint density at radius 1 is 1.03 bits per heavy atom. The van der Waals surface area contributed by atoms with Crippen molar-refractivity contribution in [2.75, 3.05) is 25.1 Å². The van der Waals surface area contributed by atoms with Gasteiger partial charge in [-0.15, -0.1) is 0 Å². The number of carbonyl (C=O) groups excluding carboxylic acids is 1. The van der Waals surface area contributed by atoms with Gasteiger partial charge < -0.3 is 15.0 Å². The standard InChI is InChI=1S/C27H33N5O2/c1-4-6-16-32(17-7-5-2)26-25(30-23-10-8-9-11-24(23)31-26)22(18-28)27(33)29-19-20-12-14-21(34-3)15-13-20/h8-15,22H,4-7,16-17,19H2,1-3H3,(H,29,33)/t22-/m1/s1. The van der Waals surface area contributed by atoms with Crippen LogP contribution in [0.3, 0.4) is 0 Å². The minimum absolute atomic E-state index is 0.312. The zero-order chi connectivity index (χ0) is 24.3. The number of carbonyl (C=O) groups is 1. The first kappa shape index (κ1) is 25.0. The SMILES string of the molecule is CCCCN(CCCC)c1nc2ccccc2nc1[C@@H](C#N)C(=O)NCc1ccc(OC)cc1. The van der Waals surface area contributed by atoms with Crippen LogP contribution in [0, 0.1) is 11.3 Å². The van der Waals surface area contributed by atoms with Crippen LogP contribution in [0.4, 0.5) is 5.82 Å². The average Bonchev–Trinajstić information content (AvgIpc) is 2.88. The number of aromatic nitrogens is 2. The first-order valence-electron chi connectivity index (χ1n) is 11.9. The van der Waals surface area contributed by atoms with Crippen molar-refractivity contribution in [1.82, 2.24) is 15.3 Å². The van der Waals surface area contributed by atoms with Crippen LogP contribution in [0.5, 0.6) is 5.75 Å². The van der Waals surface area contributed by atoms with Crippen LogP contribution in [0.1, 0.15) is 56.7 Å². The zero-order valence-electron chi connectivity index (χ0n) is 20.3. The van der Waals surface area contributed by atoms with Crippen LogP contribution in [0.2, 0.25) is 0 Å². The van der Waals surface area contributed by atoms with Crippen molar-refractivity contribution >= 4 is 22.8 Å². The van der Waals surface area contributed by atoms with Crippen molar-refractivity contribution in [3.63, 3.8) is 0 Å². The lowest BCUT2D eigenvalue weighted by molar-refractivity contribution is -0.121. The third-order valence-electron chi connectivity index (χ3n) is 5.73. The number of nitrogens with zero attached hydrogens (tertiary/aromatic N) is 4. The largest absolute Gasteiger partial charge is 0.497 e. The molecule has 0 aliphatic carbocycles. The number of methoxy groups -OCH3 is 1. The smallest absolute Gasteiger partial charge is 0.243 e. The van der Waals surface area contributed by atoms with Gasteiger partial charge in [0.25, 0.3) is 0 Å². The molecule has 1 heterocycles. The van der Waals surface area contributed by atoms with E-state index in [1.165, 1.54) is 0 Å². The second-order valence-corrected chi connectivity index (χ2v) is 8.24. The first-order chi connectivity index (χ1) is 16.6. The highest BCUT2D eigenvalue weighted by Gasteiger charge is 2.28. The predicted octanol–water partition coefficient (Wildman–Crippen LogP) is 4.97. The molecule has 7 heteroatoms. The molecule has 1 amide bonds. The van der Waals surface area contributed by atoms with Crippen molar-refractivity contribution in [2.45, 2.75) is 52.0 Å². The van der Waals surface area contributed by atoms with Crippen LogP contribution >= 0.6 is 0 Å². The van der Waals surface area contributed by atoms with Crippen LogP contribution < -0.4 is 15.0 Å². The number of hydrogen-bond acceptors (Lipinski definition) is 6. The van der Waals surface area contributed by atoms with E-state index in [1.54, 1.807) is 7.11 Å². The normalized spacial score (nSPS) is 11.6. The molecule has 34 heavy (non-hydrogen) atoms. The van der Waals surface area contributed by atoms with E-state index in [-0.39, 0.29) is 5.91 Å². The summed E-state index contributed by atoms with van der Waals surface area (Å²) in [7, 11) is 1.61. The van der Waals surface area contributed by atoms with E-state index in [0.717, 1.165) is 55.6 Å². The number of hydrogen-bond donors (Lipinski definition) is 1. The Hall–Kier alpha value is -3.66. The van der Waals surface area contributed by atoms with E-state index < -0.39 is 5.92 Å². The van der Waals surface area contributed by atoms with Crippen LogP contribution in [-0.2, 0) is 11.3 Å². The number of ether oxygens (including phenoxy) is 1. The van der Waals surface area contributed by atoms with Gasteiger partial charge in [-0.25, -0.2) is 9.97 Å². The number of rotatable bonds is 12. The topological polar surface area (TPSA) is 91.1 Å². The molecule has 0 bridgehead atoms. The summed E-state index contributed by atoms with van der Waals surface area (Å²) in [5.41, 5.74) is 2.77. The van der Waals surface area contributed by atoms with Crippen molar-refractivity contribution in [1.29, 1.82) is 5.26 Å². The summed E-state index contributed by atoms with van der Waals surface area (Å²) in [4.78, 5) is 25.0. The minimum atomic E-state index is -1.06. The fraction of sp³-hybridized carbons (Fsp3) is 0.407. The molecule has 1 atom stereocenters. The Kier molecular flexibility index (Phi) is 9.21. The Balaban J connectivity index is 1.93. The average molecular weight is 460 g/mol. The van der Waals surface area contributed by atoms with Gasteiger partial charge in [-0.2, -0.15) is 5.26 Å². The van der Waals surface area contributed by atoms with Gasteiger partial charge in [0.15, 0.2) is 11.7 Å². The number of para-hydroxylation sites is 2. The summed E-state index contributed by atoms with van der Waals surface area (Å²) < 4.78 is 5.18. The third kappa shape index (κ3) is 6.22. The fourth-order valence-corrected chi connectivity index (χ4v) is 3.73. The second-order valence-electron chi connectivity index (χ2n) is 8.24. The number of nitriles is 1. The molecule has 0 saturated heterocycles. The van der Waals surface area contributed by atoms with Crippen LogP contribution in [0.15, 0.2) is 48.5 Å². The summed E-state index contributed by atoms with van der Waals surface area (Å²) in [5, 5.41) is 12.9. The number of amides is 1. The Morgan fingerprint density at radius 3 is 2.21 bits per heavy atom. The molecule has 3 aromatic rings. The molecule has 0 radical (unpaired) electrons. The van der Waals surface area contributed by atoms with Gasteiger partial charge in [-0.1, -0.05) is 51.0 Å². The molecule has 0 saturated carbocycles. The molecule has 1 aromatic heterocycles. The molecule has 7 nitrogen and oxygen atoms in total. The van der Waals surface area contributed by atoms with Gasteiger partial charge in [-0.05, 0) is 42.7 Å². The van der Waals surface area contributed by atoms with Gasteiger partial charge >= 0.3 is 0 Å². The minimum Gasteiger partial charge on any atom is -0.497 e. The summed E-state index contributed by atoms with van der Waals surface area (Å²) in [6.45, 7) is 6.22. The molecule has 0 aliphatic heterocycles. The number of benzene rings is 2. The van der Waals surface area contributed by atoms with Crippen molar-refractivity contribution in [2.24, 2.45) is 0 Å². The summed E-state index contributed by atoms with van der Waals surface area (Å²) in [6.07, 6.45) is 4.09. The lowest BCUT2D eigenvalue weighted by Crippen LogP contribution is -2.33. The molecule has 0 spiro atoms. The zero-order valence-corrected chi connectivity index (χ0v) is 20.3. The van der Waals surface area contributed by atoms with Crippen LogP contribution in [-0.4, -0.2) is 36.1 Å². The highest BCUT2D eigenvalue weighted by atomic mass is 16.5. The quantitative estimate of drug-likeness (QED) is 0.411. The maximum atomic E-state index is 13.2. The van der Waals surface area contributed by atoms with Gasteiger partial charge in [0.2, 0.25) is 5.91 Å². The monoisotopic (exact) mass is 459 g/mol. The summed E-state index contributed by atoms with van der Waals surface area (Å²) in [5.74, 6) is -0.0572. The molecule has 3 rings (SSSR count). The molecular weight excluding hydrogens is 426 g/mol. The molecule has 0 aliphatic rings. The van der Waals surface area contributed by atoms with Gasteiger partial charge in [-0.3, -0.25) is 4.79 Å². The number of fused-ring (bicyclic) bond motifs is 1. The maximum absolute atomic E-state index is 13.2. The van der Waals surface area contributed by atoms with E-state index in [1.807, 2.05) is 48.5 Å². The molecule has 0 unspecified atom stereocenters. The van der Waals surface area contributed by atoms with Crippen molar-refractivity contribution in [3.8, 4) is 11.8 Å². The van der Waals surface area contributed by atoms with Gasteiger partial charge in [0, 0.05) is 19.6 Å². The van der Waals surface area contributed by atoms with Crippen LogP contribution in [0.25, 0.3) is 11.0 Å². The molecule has 2 aromatic carbocycles. The Labute approximate surface area is 201 Å². The van der Waals surface area contributed by atoms with Crippen molar-refractivity contribution in [3.05, 3.63) is 59.8 Å². The highest BCUT2D eigenvalue weighted by Crippen LogP contribution is 2.28. The number of unbranched alkanes of at least 4 members (excludes halogenated alkanes) is 2. The number of anilines is 1. The first-order valence-corrected chi connectivity index (χ1v) is 11.9. The Morgan fingerprint density at radius 2 is 1.65 bits per heavy atom. The number of nitrogens with one attached hydrogen (secondary N) is 1. The van der Waals surface area contributed by atoms with Gasteiger partial charge in [0.05, 0.1) is 24.2 Å². The molecule has 178 valence electrons. The van der Waals surface area contributed by atoms with E-state index in [2.05, 4.69) is 30.1 Å². The lowest BCUT2D eigenvalue weighted by atomic mass is 10.0. The fourth-order valence-electron chi connectivity index (χ4n) is 3.73. The van der Waals surface area contributed by atoms with Gasteiger partial charge in [0.1, 0.15) is 11.4 Å². The molecular formula is C27H33N5O2. The van der Waals surface area contributed by atoms with E-state index in [4.69, 9.17) is 14.7 Å². The predicted molar refractivity (Wildman–Crippen MR) is 135 cm³/mol. The molecule has 0 fully saturated rings. The lowest BCUT2D eigenvalue weighted by Gasteiger charge is -2.26. The van der Waals surface area contributed by atoms with E-state index >= 15 is 0 Å². The highest BCUT2D eigenvalue weighted by molar-refractivity contribution is 5.88.